The van der Waals surface area contributed by atoms with Crippen molar-refractivity contribution in [3.05, 3.63) is 18.6 Å². The maximum atomic E-state index is 5.30. The van der Waals surface area contributed by atoms with E-state index in [1.165, 1.54) is 0 Å². The topological polar surface area (TPSA) is 42.8 Å². The summed E-state index contributed by atoms with van der Waals surface area (Å²) in [6.45, 7) is 0. The van der Waals surface area contributed by atoms with Gasteiger partial charge < -0.3 is 29.7 Å². The predicted molar refractivity (Wildman–Crippen MR) is 29.8 cm³/mol. The number of rotatable bonds is 0. The van der Waals surface area contributed by atoms with Gasteiger partial charge in [0.1, 0.15) is 0 Å². The fraction of sp³-hybridized carbons (Fsp3) is 0.200. The fourth-order valence-corrected chi connectivity index (χ4v) is 0.433. The minimum absolute atomic E-state index is 0. The summed E-state index contributed by atoms with van der Waals surface area (Å²) >= 11 is 0. The third kappa shape index (κ3) is 2.59. The van der Waals surface area contributed by atoms with Crippen molar-refractivity contribution < 1.29 is 28.5 Å². The first kappa shape index (κ1) is 8.61. The van der Waals surface area contributed by atoms with Crippen molar-refractivity contribution in [2.24, 2.45) is 7.05 Å². The molecule has 0 aliphatic heterocycles. The van der Waals surface area contributed by atoms with Crippen LogP contribution in [-0.2, 0) is 7.05 Å². The number of nitrogen functional groups attached to an aromatic ring is 1. The van der Waals surface area contributed by atoms with Crippen molar-refractivity contribution in [1.29, 1.82) is 0 Å². The van der Waals surface area contributed by atoms with Crippen molar-refractivity contribution >= 4 is 5.82 Å². The molecule has 0 bridgehead atoms. The van der Waals surface area contributed by atoms with Crippen LogP contribution < -0.4 is 34.3 Å². The Morgan fingerprint density at radius 3 is 2.67 bits per heavy atom. The van der Waals surface area contributed by atoms with Crippen LogP contribution in [0, 0.1) is 0 Å². The Morgan fingerprint density at radius 1 is 1.67 bits per heavy atom. The molecule has 0 spiro atoms. The number of hydrogen-bond donors (Lipinski definition) is 1. The lowest BCUT2D eigenvalue weighted by Gasteiger charge is -1.83. The quantitative estimate of drug-likeness (QED) is 0.375. The molecule has 3 nitrogen and oxygen atoms in total. The Balaban J connectivity index is 0.000000640. The van der Waals surface area contributed by atoms with E-state index in [1.807, 2.05) is 17.8 Å². The molecule has 2 N–H and O–H groups in total. The second-order valence-electron chi connectivity index (χ2n) is 1.65. The Bertz CT molecular complexity index is 151. The number of nitrogens with zero attached hydrogens (tertiary/aromatic N) is 2. The van der Waals surface area contributed by atoms with Crippen molar-refractivity contribution in [3.63, 3.8) is 0 Å². The van der Waals surface area contributed by atoms with Gasteiger partial charge in [-0.3, -0.25) is 0 Å². The van der Waals surface area contributed by atoms with Crippen molar-refractivity contribution in [3.8, 4) is 0 Å². The number of nitrogens with two attached hydrogens (primary N) is 1. The van der Waals surface area contributed by atoms with Crippen molar-refractivity contribution in [1.82, 2.24) is 4.98 Å². The Morgan fingerprint density at radius 2 is 2.33 bits per heavy atom. The molecule has 4 heteroatoms. The zero-order chi connectivity index (χ0) is 5.98. The molecule has 0 saturated carbocycles. The van der Waals surface area contributed by atoms with Gasteiger partial charge in [0.25, 0.3) is 6.33 Å². The monoisotopic (exact) mass is 237 g/mol. The third-order valence-corrected chi connectivity index (χ3v) is 0.869. The highest BCUT2D eigenvalue weighted by molar-refractivity contribution is 5.21. The number of aryl methyl sites for hydroxylation is 1. The van der Waals surface area contributed by atoms with Gasteiger partial charge in [-0.2, -0.15) is 0 Å². The van der Waals surface area contributed by atoms with Crippen LogP contribution in [0.25, 0.3) is 0 Å². The summed E-state index contributed by atoms with van der Waals surface area (Å²) < 4.78 is 1.83. The van der Waals surface area contributed by atoms with Crippen LogP contribution in [0.2, 0.25) is 0 Å². The molecule has 9 heavy (non-hydrogen) atoms. The Labute approximate surface area is 70.9 Å². The van der Waals surface area contributed by atoms with Crippen molar-refractivity contribution in [2.45, 2.75) is 0 Å². The zero-order valence-corrected chi connectivity index (χ0v) is 7.24. The minimum atomic E-state index is 0. The van der Waals surface area contributed by atoms with E-state index in [1.54, 1.807) is 12.4 Å². The fourth-order valence-electron chi connectivity index (χ4n) is 0.433. The molecule has 0 aliphatic carbocycles. The molecule has 0 saturated heterocycles. The molecule has 0 fully saturated rings. The van der Waals surface area contributed by atoms with Crippen LogP contribution in [0.4, 0.5) is 5.82 Å². The molecule has 0 radical (unpaired) electrons. The molecule has 1 rings (SSSR count). The van der Waals surface area contributed by atoms with Crippen LogP contribution >= 0.6 is 0 Å². The van der Waals surface area contributed by atoms with Gasteiger partial charge in [0.15, 0.2) is 0 Å². The molecular formula is C5H8IN3. The summed E-state index contributed by atoms with van der Waals surface area (Å²) in [4.78, 5) is 3.82. The molecule has 1 aromatic heterocycles. The van der Waals surface area contributed by atoms with E-state index in [0.29, 0.717) is 5.82 Å². The zero-order valence-electron chi connectivity index (χ0n) is 5.08. The largest absolute Gasteiger partial charge is 1.00 e. The Kier molecular flexibility index (Phi) is 3.44. The van der Waals surface area contributed by atoms with Crippen LogP contribution in [0.3, 0.4) is 0 Å². The maximum absolute atomic E-state index is 5.30. The second kappa shape index (κ2) is 3.60. The molecule has 0 atom stereocenters. The molecular weight excluding hydrogens is 229 g/mol. The van der Waals surface area contributed by atoms with Gasteiger partial charge in [0.2, 0.25) is 5.82 Å². The lowest BCUT2D eigenvalue weighted by atomic mass is 10.6. The molecule has 1 aromatic rings. The normalized spacial score (nSPS) is 8.11. The summed E-state index contributed by atoms with van der Waals surface area (Å²) in [5, 5.41) is 0. The third-order valence-electron chi connectivity index (χ3n) is 0.869. The highest BCUT2D eigenvalue weighted by atomic mass is 127. The lowest BCUT2D eigenvalue weighted by Crippen LogP contribution is -3.00. The number of anilines is 1. The first-order valence-corrected chi connectivity index (χ1v) is 2.36. The second-order valence-corrected chi connectivity index (χ2v) is 1.65. The lowest BCUT2D eigenvalue weighted by molar-refractivity contribution is -0.674. The molecule has 0 amide bonds. The average molecular weight is 237 g/mol. The van der Waals surface area contributed by atoms with E-state index >= 15 is 0 Å². The average Bonchev–Trinajstić information content (AvgIpc) is 1.77. The molecule has 1 heterocycles. The summed E-state index contributed by atoms with van der Waals surface area (Å²) in [6.07, 6.45) is 3.51. The van der Waals surface area contributed by atoms with Gasteiger partial charge in [-0.05, 0) is 4.98 Å². The van der Waals surface area contributed by atoms with E-state index in [9.17, 15) is 0 Å². The number of aromatic nitrogens is 2. The molecule has 0 aromatic carbocycles. The number of hydrogen-bond acceptors (Lipinski definition) is 2. The van der Waals surface area contributed by atoms with Gasteiger partial charge in [0, 0.05) is 6.07 Å². The molecule has 0 unspecified atom stereocenters. The van der Waals surface area contributed by atoms with Crippen molar-refractivity contribution in [2.75, 3.05) is 5.73 Å². The van der Waals surface area contributed by atoms with Crippen LogP contribution in [-0.4, -0.2) is 4.98 Å². The summed E-state index contributed by atoms with van der Waals surface area (Å²) in [5.74, 6) is 0.558. The smallest absolute Gasteiger partial charge is 0.288 e. The van der Waals surface area contributed by atoms with E-state index in [2.05, 4.69) is 4.98 Å². The van der Waals surface area contributed by atoms with Crippen LogP contribution in [0.5, 0.6) is 0 Å². The van der Waals surface area contributed by atoms with Crippen LogP contribution in [0.15, 0.2) is 18.6 Å². The Hall–Kier alpha value is -0.390. The molecule has 50 valence electrons. The first-order valence-electron chi connectivity index (χ1n) is 2.36. The van der Waals surface area contributed by atoms with E-state index < -0.39 is 0 Å². The van der Waals surface area contributed by atoms with Gasteiger partial charge in [0.05, 0.1) is 13.2 Å². The standard InChI is InChI=1S/C5H7N3.HI/c1-8-3-2-5(6)7-4-8;/h2-4,6H,1H3;1H. The van der Waals surface area contributed by atoms with Gasteiger partial charge in [-0.1, -0.05) is 0 Å². The summed E-state index contributed by atoms with van der Waals surface area (Å²) in [5.41, 5.74) is 5.30. The number of halogens is 1. The minimum Gasteiger partial charge on any atom is -1.00 e. The van der Waals surface area contributed by atoms with Crippen LogP contribution in [0.1, 0.15) is 0 Å². The SMILES string of the molecule is C[n+]1ccc(N)nc1.[I-]. The highest BCUT2D eigenvalue weighted by Gasteiger charge is 1.90. The van der Waals surface area contributed by atoms with Gasteiger partial charge in [-0.15, -0.1) is 0 Å². The van der Waals surface area contributed by atoms with E-state index in [-0.39, 0.29) is 24.0 Å². The van der Waals surface area contributed by atoms with Gasteiger partial charge >= 0.3 is 0 Å². The van der Waals surface area contributed by atoms with E-state index in [4.69, 9.17) is 5.73 Å². The highest BCUT2D eigenvalue weighted by Crippen LogP contribution is 1.84. The first-order chi connectivity index (χ1) is 3.79. The maximum Gasteiger partial charge on any atom is 0.288 e. The van der Waals surface area contributed by atoms with E-state index in [0.717, 1.165) is 0 Å². The van der Waals surface area contributed by atoms with Gasteiger partial charge in [-0.25, -0.2) is 4.57 Å². The predicted octanol–water partition coefficient (Wildman–Crippen LogP) is -3.51. The summed E-state index contributed by atoms with van der Waals surface area (Å²) in [6, 6.07) is 1.75. The summed E-state index contributed by atoms with van der Waals surface area (Å²) in [7, 11) is 1.90. The molecule has 0 aliphatic rings.